The molecule has 1 N–H and O–H groups in total. The van der Waals surface area contributed by atoms with E-state index in [-0.39, 0.29) is 17.5 Å². The van der Waals surface area contributed by atoms with Gasteiger partial charge in [0.05, 0.1) is 0 Å². The summed E-state index contributed by atoms with van der Waals surface area (Å²) in [4.78, 5) is 24.9. The predicted octanol–water partition coefficient (Wildman–Crippen LogP) is 1.16. The van der Waals surface area contributed by atoms with Crippen LogP contribution in [0.3, 0.4) is 0 Å². The first-order chi connectivity index (χ1) is 7.00. The number of urea groups is 1. The first-order valence-electron chi connectivity index (χ1n) is 5.57. The van der Waals surface area contributed by atoms with Gasteiger partial charge in [-0.15, -0.1) is 0 Å². The van der Waals surface area contributed by atoms with Crippen LogP contribution in [0.15, 0.2) is 0 Å². The molecule has 4 nitrogen and oxygen atoms in total. The molecule has 1 saturated carbocycles. The molecule has 0 bridgehead atoms. The highest BCUT2D eigenvalue weighted by Gasteiger charge is 2.42. The lowest BCUT2D eigenvalue weighted by atomic mass is 9.72. The fourth-order valence-electron chi connectivity index (χ4n) is 2.54. The molecular weight excluding hydrogens is 192 g/mol. The Hall–Kier alpha value is -1.06. The minimum Gasteiger partial charge on any atom is -0.336 e. The summed E-state index contributed by atoms with van der Waals surface area (Å²) < 4.78 is 0. The maximum absolute atomic E-state index is 11.6. The number of ketones is 1. The Morgan fingerprint density at radius 1 is 1.40 bits per heavy atom. The number of nitrogens with one attached hydrogen (secondary N) is 1. The third-order valence-electron chi connectivity index (χ3n) is 3.64. The molecule has 15 heavy (non-hydrogen) atoms. The Bertz CT molecular complexity index is 299. The molecule has 1 aliphatic heterocycles. The molecule has 1 unspecified atom stereocenters. The van der Waals surface area contributed by atoms with Gasteiger partial charge in [0.1, 0.15) is 5.78 Å². The fraction of sp³-hybridized carbons (Fsp3) is 0.818. The van der Waals surface area contributed by atoms with Crippen LogP contribution >= 0.6 is 0 Å². The third kappa shape index (κ3) is 1.85. The largest absolute Gasteiger partial charge is 0.336 e. The quantitative estimate of drug-likeness (QED) is 0.706. The number of rotatable bonds is 1. The van der Waals surface area contributed by atoms with Crippen molar-refractivity contribution in [2.24, 2.45) is 5.41 Å². The molecule has 2 amide bonds. The van der Waals surface area contributed by atoms with E-state index in [1.54, 1.807) is 0 Å². The molecule has 0 aromatic heterocycles. The van der Waals surface area contributed by atoms with Gasteiger partial charge in [-0.1, -0.05) is 13.8 Å². The van der Waals surface area contributed by atoms with E-state index in [1.165, 1.54) is 0 Å². The molecule has 1 saturated heterocycles. The number of carbonyl (C=O) groups excluding carboxylic acids is 2. The minimum atomic E-state index is -0.0113. The van der Waals surface area contributed by atoms with Crippen molar-refractivity contribution in [3.8, 4) is 0 Å². The monoisotopic (exact) mass is 210 g/mol. The van der Waals surface area contributed by atoms with Gasteiger partial charge < -0.3 is 10.2 Å². The molecule has 1 aliphatic carbocycles. The summed E-state index contributed by atoms with van der Waals surface area (Å²) in [6.45, 7) is 5.74. The van der Waals surface area contributed by atoms with Crippen LogP contribution in [0.4, 0.5) is 4.79 Å². The fourth-order valence-corrected chi connectivity index (χ4v) is 2.54. The average Bonchev–Trinajstić information content (AvgIpc) is 2.56. The Kier molecular flexibility index (Phi) is 2.44. The number of nitrogens with zero attached hydrogens (tertiary/aromatic N) is 1. The highest BCUT2D eigenvalue weighted by atomic mass is 16.2. The molecule has 0 radical (unpaired) electrons. The molecule has 0 aromatic carbocycles. The lowest BCUT2D eigenvalue weighted by Crippen LogP contribution is -2.50. The Balaban J connectivity index is 2.17. The smallest absolute Gasteiger partial charge is 0.317 e. The van der Waals surface area contributed by atoms with E-state index >= 15 is 0 Å². The van der Waals surface area contributed by atoms with Gasteiger partial charge in [-0.2, -0.15) is 0 Å². The van der Waals surface area contributed by atoms with Crippen molar-refractivity contribution >= 4 is 11.8 Å². The van der Waals surface area contributed by atoms with E-state index in [9.17, 15) is 9.59 Å². The van der Waals surface area contributed by atoms with E-state index in [0.29, 0.717) is 25.2 Å². The summed E-state index contributed by atoms with van der Waals surface area (Å²) in [6.07, 6.45) is 2.08. The van der Waals surface area contributed by atoms with Crippen LogP contribution in [-0.4, -0.2) is 35.8 Å². The lowest BCUT2D eigenvalue weighted by molar-refractivity contribution is -0.124. The van der Waals surface area contributed by atoms with Crippen molar-refractivity contribution in [1.82, 2.24) is 10.2 Å². The molecule has 0 aromatic rings. The van der Waals surface area contributed by atoms with Crippen molar-refractivity contribution in [1.29, 1.82) is 0 Å². The second-order valence-corrected chi connectivity index (χ2v) is 5.17. The van der Waals surface area contributed by atoms with Gasteiger partial charge >= 0.3 is 6.03 Å². The van der Waals surface area contributed by atoms with Crippen LogP contribution in [-0.2, 0) is 4.79 Å². The molecule has 1 heterocycles. The van der Waals surface area contributed by atoms with Gasteiger partial charge in [0.15, 0.2) is 0 Å². The zero-order valence-corrected chi connectivity index (χ0v) is 9.38. The normalized spacial score (nSPS) is 30.5. The predicted molar refractivity (Wildman–Crippen MR) is 56.5 cm³/mol. The van der Waals surface area contributed by atoms with Gasteiger partial charge in [-0.05, 0) is 11.8 Å². The topological polar surface area (TPSA) is 49.4 Å². The Labute approximate surface area is 90.0 Å². The third-order valence-corrected chi connectivity index (χ3v) is 3.64. The van der Waals surface area contributed by atoms with E-state index < -0.39 is 0 Å². The summed E-state index contributed by atoms with van der Waals surface area (Å²) in [6, 6.07) is 0.0732. The molecule has 1 atom stereocenters. The molecule has 2 fully saturated rings. The van der Waals surface area contributed by atoms with Gasteiger partial charge in [0.2, 0.25) is 0 Å². The molecule has 4 heteroatoms. The summed E-state index contributed by atoms with van der Waals surface area (Å²) in [7, 11) is 0. The highest BCUT2D eigenvalue weighted by molar-refractivity contribution is 5.82. The van der Waals surface area contributed by atoms with Crippen LogP contribution in [0.5, 0.6) is 0 Å². The minimum absolute atomic E-state index is 0.0113. The van der Waals surface area contributed by atoms with E-state index in [2.05, 4.69) is 19.2 Å². The Morgan fingerprint density at radius 2 is 2.13 bits per heavy atom. The van der Waals surface area contributed by atoms with Crippen LogP contribution in [0.2, 0.25) is 0 Å². The molecule has 2 aliphatic rings. The number of hydrogen-bond acceptors (Lipinski definition) is 2. The van der Waals surface area contributed by atoms with Crippen molar-refractivity contribution < 1.29 is 9.59 Å². The first-order valence-corrected chi connectivity index (χ1v) is 5.57. The molecule has 0 spiro atoms. The van der Waals surface area contributed by atoms with Crippen molar-refractivity contribution in [3.63, 3.8) is 0 Å². The maximum Gasteiger partial charge on any atom is 0.317 e. The summed E-state index contributed by atoms with van der Waals surface area (Å²) >= 11 is 0. The first kappa shape index (κ1) is 10.5. The number of Topliss-reactive ketones (excluding diaryl/α,β-unsaturated/α-hetero) is 1. The van der Waals surface area contributed by atoms with Crippen molar-refractivity contribution in [2.45, 2.75) is 39.2 Å². The summed E-state index contributed by atoms with van der Waals surface area (Å²) in [5.74, 6) is 0.291. The number of amides is 2. The van der Waals surface area contributed by atoms with Gasteiger partial charge in [-0.3, -0.25) is 4.79 Å². The second kappa shape index (κ2) is 3.51. The van der Waals surface area contributed by atoms with E-state index in [1.807, 2.05) is 4.90 Å². The SMILES string of the molecule is CC1(C)CCC(=O)CC1N1CCNC1=O. The zero-order chi connectivity index (χ0) is 11.1. The standard InChI is InChI=1S/C11H18N2O2/c1-11(2)4-3-8(14)7-9(11)13-6-5-12-10(13)15/h9H,3-7H2,1-2H3,(H,12,15). The average molecular weight is 210 g/mol. The number of carbonyl (C=O) groups is 2. The van der Waals surface area contributed by atoms with E-state index in [4.69, 9.17) is 0 Å². The van der Waals surface area contributed by atoms with Crippen LogP contribution in [0, 0.1) is 5.41 Å². The van der Waals surface area contributed by atoms with E-state index in [0.717, 1.165) is 13.0 Å². The number of hydrogen-bond donors (Lipinski definition) is 1. The molecular formula is C11H18N2O2. The van der Waals surface area contributed by atoms with Gasteiger partial charge in [0.25, 0.3) is 0 Å². The zero-order valence-electron chi connectivity index (χ0n) is 9.38. The molecule has 84 valence electrons. The van der Waals surface area contributed by atoms with Crippen LogP contribution in [0.25, 0.3) is 0 Å². The highest BCUT2D eigenvalue weighted by Crippen LogP contribution is 2.37. The van der Waals surface area contributed by atoms with Gasteiger partial charge in [0, 0.05) is 32.0 Å². The second-order valence-electron chi connectivity index (χ2n) is 5.17. The van der Waals surface area contributed by atoms with Crippen LogP contribution < -0.4 is 5.32 Å². The Morgan fingerprint density at radius 3 is 2.73 bits per heavy atom. The molecule has 2 rings (SSSR count). The lowest BCUT2D eigenvalue weighted by Gasteiger charge is -2.42. The summed E-state index contributed by atoms with van der Waals surface area (Å²) in [5, 5.41) is 2.80. The van der Waals surface area contributed by atoms with Gasteiger partial charge in [-0.25, -0.2) is 4.79 Å². The van der Waals surface area contributed by atoms with Crippen molar-refractivity contribution in [2.75, 3.05) is 13.1 Å². The van der Waals surface area contributed by atoms with Crippen LogP contribution in [0.1, 0.15) is 33.1 Å². The summed E-state index contributed by atoms with van der Waals surface area (Å²) in [5.41, 5.74) is 0.0651. The maximum atomic E-state index is 11.6. The van der Waals surface area contributed by atoms with Crippen molar-refractivity contribution in [3.05, 3.63) is 0 Å².